The van der Waals surface area contributed by atoms with Gasteiger partial charge in [-0.15, -0.1) is 24.0 Å². The van der Waals surface area contributed by atoms with Crippen molar-refractivity contribution in [3.05, 3.63) is 0 Å². The Labute approximate surface area is 176 Å². The summed E-state index contributed by atoms with van der Waals surface area (Å²) in [5.41, 5.74) is -0.473. The molecule has 0 aliphatic carbocycles. The van der Waals surface area contributed by atoms with E-state index in [1.807, 2.05) is 27.7 Å². The summed E-state index contributed by atoms with van der Waals surface area (Å²) in [6, 6.07) is 0.664. The number of guanidine groups is 1. The molecule has 1 rings (SSSR count). The van der Waals surface area contributed by atoms with Crippen LogP contribution >= 0.6 is 24.0 Å². The van der Waals surface area contributed by atoms with Crippen molar-refractivity contribution in [2.75, 3.05) is 39.3 Å². The lowest BCUT2D eigenvalue weighted by Gasteiger charge is -2.32. The third kappa shape index (κ3) is 11.8. The van der Waals surface area contributed by atoms with Crippen LogP contribution in [0.3, 0.4) is 0 Å². The number of rotatable bonds is 7. The van der Waals surface area contributed by atoms with Crippen LogP contribution < -0.4 is 16.0 Å². The molecule has 1 saturated heterocycles. The van der Waals surface area contributed by atoms with Crippen LogP contribution in [0.5, 0.6) is 0 Å². The Kier molecular flexibility index (Phi) is 13.0. The minimum absolute atomic E-state index is 0. The Hall–Kier alpha value is -0.770. The van der Waals surface area contributed by atoms with Gasteiger partial charge in [-0.2, -0.15) is 0 Å². The first kappa shape index (κ1) is 25.2. The highest BCUT2D eigenvalue weighted by molar-refractivity contribution is 14.0. The first-order valence-corrected chi connectivity index (χ1v) is 9.55. The van der Waals surface area contributed by atoms with E-state index in [1.165, 1.54) is 25.8 Å². The van der Waals surface area contributed by atoms with Gasteiger partial charge in [0.05, 0.1) is 6.54 Å². The van der Waals surface area contributed by atoms with Crippen LogP contribution in [0.1, 0.15) is 53.9 Å². The molecule has 1 heterocycles. The van der Waals surface area contributed by atoms with E-state index in [-0.39, 0.29) is 24.0 Å². The zero-order valence-corrected chi connectivity index (χ0v) is 19.4. The van der Waals surface area contributed by atoms with Crippen LogP contribution in [-0.2, 0) is 4.74 Å². The Morgan fingerprint density at radius 2 is 1.88 bits per heavy atom. The van der Waals surface area contributed by atoms with E-state index in [2.05, 4.69) is 32.8 Å². The molecule has 1 unspecified atom stereocenters. The minimum atomic E-state index is -0.473. The van der Waals surface area contributed by atoms with Crippen LogP contribution in [0.25, 0.3) is 0 Å². The molecule has 1 aliphatic heterocycles. The van der Waals surface area contributed by atoms with Gasteiger partial charge in [-0.05, 0) is 54.0 Å². The third-order valence-corrected chi connectivity index (χ3v) is 4.03. The Morgan fingerprint density at radius 1 is 1.19 bits per heavy atom. The van der Waals surface area contributed by atoms with Crippen LogP contribution in [0.15, 0.2) is 4.99 Å². The number of nitrogens with one attached hydrogen (secondary N) is 3. The second-order valence-electron chi connectivity index (χ2n) is 7.50. The molecule has 1 amide bonds. The standard InChI is InChI=1S/C18H37N5O2.HI/c1-6-19-16(20-10-11-22-17(24)25-18(3,4)5)21-12-14-23-13-8-7-9-15(23)2;/h15H,6-14H2,1-5H3,(H,22,24)(H2,19,20,21);1H. The normalized spacial score (nSPS) is 18.7. The molecule has 0 bridgehead atoms. The molecular formula is C18H38IN5O2. The summed E-state index contributed by atoms with van der Waals surface area (Å²) >= 11 is 0. The molecule has 26 heavy (non-hydrogen) atoms. The van der Waals surface area contributed by atoms with Crippen molar-refractivity contribution < 1.29 is 9.53 Å². The van der Waals surface area contributed by atoms with Crippen molar-refractivity contribution in [2.45, 2.75) is 65.5 Å². The van der Waals surface area contributed by atoms with E-state index in [1.54, 1.807) is 0 Å². The zero-order valence-electron chi connectivity index (χ0n) is 17.1. The summed E-state index contributed by atoms with van der Waals surface area (Å²) in [6.07, 6.45) is 3.53. The van der Waals surface area contributed by atoms with E-state index in [4.69, 9.17) is 4.74 Å². The molecule has 0 radical (unpaired) electrons. The topological polar surface area (TPSA) is 78.0 Å². The molecule has 7 nitrogen and oxygen atoms in total. The van der Waals surface area contributed by atoms with Gasteiger partial charge >= 0.3 is 6.09 Å². The molecule has 0 spiro atoms. The molecule has 0 aromatic heterocycles. The number of carbonyl (C=O) groups is 1. The summed E-state index contributed by atoms with van der Waals surface area (Å²) in [4.78, 5) is 18.7. The fourth-order valence-corrected chi connectivity index (χ4v) is 2.78. The number of amides is 1. The Bertz CT molecular complexity index is 426. The predicted molar refractivity (Wildman–Crippen MR) is 119 cm³/mol. The van der Waals surface area contributed by atoms with Crippen molar-refractivity contribution in [1.29, 1.82) is 0 Å². The summed E-state index contributed by atoms with van der Waals surface area (Å²) < 4.78 is 5.21. The molecule has 1 aliphatic rings. The lowest BCUT2D eigenvalue weighted by molar-refractivity contribution is 0.0529. The van der Waals surface area contributed by atoms with E-state index >= 15 is 0 Å². The van der Waals surface area contributed by atoms with Crippen LogP contribution in [0.2, 0.25) is 0 Å². The molecule has 0 aromatic rings. The molecule has 0 aromatic carbocycles. The Balaban J connectivity index is 0.00000625. The number of carbonyl (C=O) groups excluding carboxylic acids is 1. The maximum absolute atomic E-state index is 11.6. The highest BCUT2D eigenvalue weighted by Gasteiger charge is 2.17. The monoisotopic (exact) mass is 483 g/mol. The summed E-state index contributed by atoms with van der Waals surface area (Å²) in [7, 11) is 0. The number of ether oxygens (including phenoxy) is 1. The maximum Gasteiger partial charge on any atom is 0.407 e. The van der Waals surface area contributed by atoms with Crippen molar-refractivity contribution in [3.63, 3.8) is 0 Å². The number of aliphatic imine (C=N–C) groups is 1. The van der Waals surface area contributed by atoms with Crippen LogP contribution in [-0.4, -0.2) is 67.9 Å². The summed E-state index contributed by atoms with van der Waals surface area (Å²) in [5, 5.41) is 9.21. The number of nitrogens with zero attached hydrogens (tertiary/aromatic N) is 2. The molecule has 1 atom stereocenters. The van der Waals surface area contributed by atoms with Gasteiger partial charge in [0.25, 0.3) is 0 Å². The second kappa shape index (κ2) is 13.4. The molecular weight excluding hydrogens is 445 g/mol. The fourth-order valence-electron chi connectivity index (χ4n) is 2.78. The SMILES string of the molecule is CCNC(=NCCN1CCCCC1C)NCCNC(=O)OC(C)(C)C.I. The number of likely N-dealkylation sites (tertiary alicyclic amines) is 1. The fraction of sp³-hybridized carbons (Fsp3) is 0.889. The lowest BCUT2D eigenvalue weighted by atomic mass is 10.0. The second-order valence-corrected chi connectivity index (χ2v) is 7.50. The van der Waals surface area contributed by atoms with Gasteiger partial charge in [-0.25, -0.2) is 4.79 Å². The first-order valence-electron chi connectivity index (χ1n) is 9.55. The average molecular weight is 483 g/mol. The van der Waals surface area contributed by atoms with E-state index in [9.17, 15) is 4.79 Å². The van der Waals surface area contributed by atoms with Crippen molar-refractivity contribution >= 4 is 36.0 Å². The van der Waals surface area contributed by atoms with E-state index in [0.29, 0.717) is 19.1 Å². The van der Waals surface area contributed by atoms with E-state index in [0.717, 1.165) is 25.6 Å². The number of halogens is 1. The Morgan fingerprint density at radius 3 is 2.50 bits per heavy atom. The first-order chi connectivity index (χ1) is 11.8. The number of piperidine rings is 1. The highest BCUT2D eigenvalue weighted by atomic mass is 127. The van der Waals surface area contributed by atoms with Crippen molar-refractivity contribution in [3.8, 4) is 0 Å². The summed E-state index contributed by atoms with van der Waals surface area (Å²) in [5.74, 6) is 0.790. The summed E-state index contributed by atoms with van der Waals surface area (Å²) in [6.45, 7) is 14.8. The van der Waals surface area contributed by atoms with Crippen LogP contribution in [0.4, 0.5) is 4.79 Å². The van der Waals surface area contributed by atoms with Crippen molar-refractivity contribution in [2.24, 2.45) is 4.99 Å². The van der Waals surface area contributed by atoms with Crippen molar-refractivity contribution in [1.82, 2.24) is 20.9 Å². The largest absolute Gasteiger partial charge is 0.444 e. The lowest BCUT2D eigenvalue weighted by Crippen LogP contribution is -2.43. The molecule has 154 valence electrons. The number of alkyl carbamates (subject to hydrolysis) is 1. The van der Waals surface area contributed by atoms with Gasteiger partial charge in [0.2, 0.25) is 0 Å². The van der Waals surface area contributed by atoms with Gasteiger partial charge in [0, 0.05) is 32.2 Å². The molecule has 3 N–H and O–H groups in total. The van der Waals surface area contributed by atoms with Gasteiger partial charge in [-0.1, -0.05) is 6.42 Å². The molecule has 0 saturated carbocycles. The van der Waals surface area contributed by atoms with Gasteiger partial charge in [0.1, 0.15) is 5.60 Å². The highest BCUT2D eigenvalue weighted by Crippen LogP contribution is 2.15. The minimum Gasteiger partial charge on any atom is -0.444 e. The smallest absolute Gasteiger partial charge is 0.407 e. The maximum atomic E-state index is 11.6. The third-order valence-electron chi connectivity index (χ3n) is 4.03. The van der Waals surface area contributed by atoms with Crippen LogP contribution in [0, 0.1) is 0 Å². The molecule has 8 heteroatoms. The number of hydrogen-bond donors (Lipinski definition) is 3. The van der Waals surface area contributed by atoms with Gasteiger partial charge in [0.15, 0.2) is 5.96 Å². The average Bonchev–Trinajstić information content (AvgIpc) is 2.51. The van der Waals surface area contributed by atoms with Gasteiger partial charge in [-0.3, -0.25) is 9.89 Å². The molecule has 1 fully saturated rings. The predicted octanol–water partition coefficient (Wildman–Crippen LogP) is 2.56. The quantitative estimate of drug-likeness (QED) is 0.225. The van der Waals surface area contributed by atoms with Gasteiger partial charge < -0.3 is 20.7 Å². The zero-order chi connectivity index (χ0) is 18.7. The number of hydrogen-bond acceptors (Lipinski definition) is 4. The van der Waals surface area contributed by atoms with E-state index < -0.39 is 11.7 Å².